The number of amides is 2. The minimum atomic E-state index is -0.308. The van der Waals surface area contributed by atoms with Crippen LogP contribution in [0.15, 0.2) is 36.5 Å². The average Bonchev–Trinajstić information content (AvgIpc) is 3.18. The van der Waals surface area contributed by atoms with E-state index in [0.29, 0.717) is 13.1 Å². The van der Waals surface area contributed by atoms with Crippen LogP contribution in [-0.4, -0.2) is 47.9 Å². The van der Waals surface area contributed by atoms with E-state index >= 15 is 0 Å². The van der Waals surface area contributed by atoms with Crippen molar-refractivity contribution in [1.29, 1.82) is 0 Å². The molecule has 134 valence electrons. The van der Waals surface area contributed by atoms with Gasteiger partial charge in [-0.05, 0) is 36.6 Å². The number of hydrogen-bond donors (Lipinski definition) is 2. The lowest BCUT2D eigenvalue weighted by Crippen LogP contribution is -2.46. The lowest BCUT2D eigenvalue weighted by atomic mass is 9.95. The number of carbonyl (C=O) groups excluding carboxylic acids is 1. The number of carbonyl (C=O) groups is 1. The van der Waals surface area contributed by atoms with Gasteiger partial charge in [0.05, 0.1) is 6.10 Å². The average molecular weight is 346 g/mol. The zero-order valence-corrected chi connectivity index (χ0v) is 14.2. The molecule has 0 saturated carbocycles. The number of benzene rings is 1. The van der Waals surface area contributed by atoms with Crippen LogP contribution in [-0.2, 0) is 4.74 Å². The fourth-order valence-electron chi connectivity index (χ4n) is 3.22. The maximum absolute atomic E-state index is 13.0. The number of H-pyrrole nitrogens is 1. The molecule has 1 aromatic heterocycles. The van der Waals surface area contributed by atoms with Gasteiger partial charge in [0.1, 0.15) is 5.82 Å². The quantitative estimate of drug-likeness (QED) is 0.875. The molecule has 3 rings (SSSR count). The van der Waals surface area contributed by atoms with E-state index < -0.39 is 0 Å². The van der Waals surface area contributed by atoms with E-state index in [0.717, 1.165) is 30.6 Å². The highest BCUT2D eigenvalue weighted by Crippen LogP contribution is 2.25. The van der Waals surface area contributed by atoms with Crippen LogP contribution in [0.1, 0.15) is 36.1 Å². The topological polar surface area (TPSA) is 70.2 Å². The first-order chi connectivity index (χ1) is 12.2. The second-order valence-electron chi connectivity index (χ2n) is 6.26. The molecule has 2 heterocycles. The lowest BCUT2D eigenvalue weighted by Gasteiger charge is -2.32. The molecule has 1 aliphatic heterocycles. The summed E-state index contributed by atoms with van der Waals surface area (Å²) in [7, 11) is 1.58. The van der Waals surface area contributed by atoms with Gasteiger partial charge < -0.3 is 15.0 Å². The number of urea groups is 1. The summed E-state index contributed by atoms with van der Waals surface area (Å²) < 4.78 is 18.5. The first kappa shape index (κ1) is 17.4. The summed E-state index contributed by atoms with van der Waals surface area (Å²) in [6, 6.07) is 7.98. The van der Waals surface area contributed by atoms with E-state index in [2.05, 4.69) is 15.5 Å². The van der Waals surface area contributed by atoms with E-state index in [1.54, 1.807) is 25.4 Å². The van der Waals surface area contributed by atoms with Crippen LogP contribution in [0, 0.1) is 5.82 Å². The Balaban J connectivity index is 1.55. The van der Waals surface area contributed by atoms with Gasteiger partial charge in [-0.1, -0.05) is 12.1 Å². The van der Waals surface area contributed by atoms with Gasteiger partial charge in [0.2, 0.25) is 0 Å². The fraction of sp³-hybridized carbons (Fsp3) is 0.444. The fourth-order valence-corrected chi connectivity index (χ4v) is 3.22. The molecule has 2 aromatic rings. The van der Waals surface area contributed by atoms with Gasteiger partial charge in [0.25, 0.3) is 0 Å². The van der Waals surface area contributed by atoms with Crippen LogP contribution in [0.2, 0.25) is 0 Å². The van der Waals surface area contributed by atoms with Gasteiger partial charge in [0.15, 0.2) is 0 Å². The predicted molar refractivity (Wildman–Crippen MR) is 91.7 cm³/mol. The summed E-state index contributed by atoms with van der Waals surface area (Å²) in [4.78, 5) is 14.3. The van der Waals surface area contributed by atoms with Crippen molar-refractivity contribution in [1.82, 2.24) is 20.4 Å². The molecule has 6 nitrogen and oxygen atoms in total. The minimum Gasteiger partial charge on any atom is -0.375 e. The molecule has 2 atom stereocenters. The van der Waals surface area contributed by atoms with Crippen LogP contribution in [0.4, 0.5) is 9.18 Å². The van der Waals surface area contributed by atoms with Gasteiger partial charge in [-0.3, -0.25) is 5.10 Å². The summed E-state index contributed by atoms with van der Waals surface area (Å²) in [5.74, 6) is -0.00174. The Morgan fingerprint density at radius 1 is 1.44 bits per heavy atom. The predicted octanol–water partition coefficient (Wildman–Crippen LogP) is 2.83. The van der Waals surface area contributed by atoms with E-state index in [1.807, 2.05) is 11.0 Å². The third-order valence-corrected chi connectivity index (χ3v) is 4.64. The van der Waals surface area contributed by atoms with E-state index in [4.69, 9.17) is 4.74 Å². The Morgan fingerprint density at radius 2 is 2.24 bits per heavy atom. The van der Waals surface area contributed by atoms with Crippen LogP contribution < -0.4 is 5.32 Å². The van der Waals surface area contributed by atoms with Crippen molar-refractivity contribution >= 4 is 6.03 Å². The number of hydrogen-bond acceptors (Lipinski definition) is 3. The smallest absolute Gasteiger partial charge is 0.317 e. The van der Waals surface area contributed by atoms with Gasteiger partial charge in [-0.2, -0.15) is 5.10 Å². The van der Waals surface area contributed by atoms with Crippen molar-refractivity contribution in [2.45, 2.75) is 24.9 Å². The molecule has 0 unspecified atom stereocenters. The standard InChI is InChI=1S/C18H23FN4O2/c1-25-17(13-4-6-15(19)7-5-13)11-20-18(24)23-10-2-3-14(12-23)16-8-9-21-22-16/h4-9,14,17H,2-3,10-12H2,1H3,(H,20,24)(H,21,22)/t14-,17-/m0/s1. The Labute approximate surface area is 146 Å². The summed E-state index contributed by atoms with van der Waals surface area (Å²) in [5.41, 5.74) is 1.90. The summed E-state index contributed by atoms with van der Waals surface area (Å²) in [6.07, 6.45) is 3.43. The zero-order chi connectivity index (χ0) is 17.6. The van der Waals surface area contributed by atoms with Gasteiger partial charge in [0, 0.05) is 44.6 Å². The highest BCUT2D eigenvalue weighted by molar-refractivity contribution is 5.74. The zero-order valence-electron chi connectivity index (χ0n) is 14.2. The third kappa shape index (κ3) is 4.36. The van der Waals surface area contributed by atoms with Gasteiger partial charge in [-0.15, -0.1) is 0 Å². The molecule has 0 aliphatic carbocycles. The van der Waals surface area contributed by atoms with Gasteiger partial charge in [-0.25, -0.2) is 9.18 Å². The normalized spacial score (nSPS) is 18.8. The van der Waals surface area contributed by atoms with Crippen molar-refractivity contribution in [3.63, 3.8) is 0 Å². The molecule has 1 aliphatic rings. The largest absolute Gasteiger partial charge is 0.375 e. The number of methoxy groups -OCH3 is 1. The number of rotatable bonds is 5. The van der Waals surface area contributed by atoms with Crippen molar-refractivity contribution in [2.24, 2.45) is 0 Å². The van der Waals surface area contributed by atoms with Crippen molar-refractivity contribution in [3.05, 3.63) is 53.6 Å². The third-order valence-electron chi connectivity index (χ3n) is 4.64. The number of aromatic nitrogens is 2. The molecule has 25 heavy (non-hydrogen) atoms. The van der Waals surface area contributed by atoms with E-state index in [9.17, 15) is 9.18 Å². The molecular weight excluding hydrogens is 323 g/mol. The number of piperidine rings is 1. The molecular formula is C18H23FN4O2. The first-order valence-electron chi connectivity index (χ1n) is 8.47. The number of ether oxygens (including phenoxy) is 1. The summed E-state index contributed by atoms with van der Waals surface area (Å²) >= 11 is 0. The monoisotopic (exact) mass is 346 g/mol. The van der Waals surface area contributed by atoms with Gasteiger partial charge >= 0.3 is 6.03 Å². The molecule has 2 N–H and O–H groups in total. The number of aromatic amines is 1. The molecule has 0 radical (unpaired) electrons. The first-order valence-corrected chi connectivity index (χ1v) is 8.47. The molecule has 1 saturated heterocycles. The second-order valence-corrected chi connectivity index (χ2v) is 6.26. The Hall–Kier alpha value is -2.41. The molecule has 2 amide bonds. The summed E-state index contributed by atoms with van der Waals surface area (Å²) in [5, 5.41) is 9.91. The molecule has 0 bridgehead atoms. The highest BCUT2D eigenvalue weighted by atomic mass is 19.1. The number of nitrogens with one attached hydrogen (secondary N) is 2. The van der Waals surface area contributed by atoms with Crippen molar-refractivity contribution < 1.29 is 13.9 Å². The maximum Gasteiger partial charge on any atom is 0.317 e. The lowest BCUT2D eigenvalue weighted by molar-refractivity contribution is 0.100. The van der Waals surface area contributed by atoms with E-state index in [1.165, 1.54) is 12.1 Å². The van der Waals surface area contributed by atoms with Crippen LogP contribution in [0.3, 0.4) is 0 Å². The van der Waals surface area contributed by atoms with Crippen LogP contribution in [0.25, 0.3) is 0 Å². The number of halogens is 1. The van der Waals surface area contributed by atoms with Crippen molar-refractivity contribution in [3.8, 4) is 0 Å². The molecule has 1 aromatic carbocycles. The highest BCUT2D eigenvalue weighted by Gasteiger charge is 2.26. The SMILES string of the molecule is CO[C@@H](CNC(=O)N1CCC[C@H](c2ccn[nH]2)C1)c1ccc(F)cc1. The van der Waals surface area contributed by atoms with Crippen LogP contribution in [0.5, 0.6) is 0 Å². The second kappa shape index (κ2) is 8.11. The minimum absolute atomic E-state index is 0.103. The van der Waals surface area contributed by atoms with Crippen LogP contribution >= 0.6 is 0 Å². The Morgan fingerprint density at radius 3 is 2.92 bits per heavy atom. The summed E-state index contributed by atoms with van der Waals surface area (Å²) in [6.45, 7) is 1.75. The van der Waals surface area contributed by atoms with E-state index in [-0.39, 0.29) is 23.9 Å². The Kier molecular flexibility index (Phi) is 5.65. The van der Waals surface area contributed by atoms with Crippen molar-refractivity contribution in [2.75, 3.05) is 26.7 Å². The molecule has 1 fully saturated rings. The molecule has 0 spiro atoms. The Bertz CT molecular complexity index is 675. The number of likely N-dealkylation sites (tertiary alicyclic amines) is 1. The maximum atomic E-state index is 13.0. The molecule has 7 heteroatoms. The number of nitrogens with zero attached hydrogens (tertiary/aromatic N) is 2.